The number of aliphatic hydroxyl groups is 1. The first-order valence-corrected chi connectivity index (χ1v) is 13.0. The van der Waals surface area contributed by atoms with Crippen LogP contribution >= 0.6 is 12.4 Å². The molecule has 36 heavy (non-hydrogen) atoms. The van der Waals surface area contributed by atoms with E-state index in [-0.39, 0.29) is 30.3 Å². The molecule has 3 aromatic carbocycles. The Hall–Kier alpha value is -2.98. The predicted molar refractivity (Wildman–Crippen MR) is 141 cm³/mol. The fourth-order valence-electron chi connectivity index (χ4n) is 3.51. The molecule has 0 bridgehead atoms. The van der Waals surface area contributed by atoms with E-state index in [0.29, 0.717) is 13.1 Å². The van der Waals surface area contributed by atoms with Gasteiger partial charge in [0.1, 0.15) is 19.0 Å². The van der Waals surface area contributed by atoms with Gasteiger partial charge in [-0.1, -0.05) is 60.7 Å². The van der Waals surface area contributed by atoms with Gasteiger partial charge >= 0.3 is 0 Å². The maximum absolute atomic E-state index is 12.7. The monoisotopic (exact) mass is 536 g/mol. The lowest BCUT2D eigenvalue weighted by atomic mass is 10.0. The highest BCUT2D eigenvalue weighted by molar-refractivity contribution is 7.89. The maximum Gasteiger partial charge on any atom is 0.268 e. The van der Waals surface area contributed by atoms with Crippen molar-refractivity contribution in [2.45, 2.75) is 12.5 Å². The SMILES string of the molecule is CS(=O)(=O)NC(=O)c1ccc(-c2ccc(CCNC[C@@H](O)c3ccccc3)cc2)cc1OCCF.Cl. The summed E-state index contributed by atoms with van der Waals surface area (Å²) in [6.45, 7) is 0.160. The molecule has 0 aliphatic carbocycles. The normalized spacial score (nSPS) is 11.9. The van der Waals surface area contributed by atoms with Crippen molar-refractivity contribution in [2.24, 2.45) is 0 Å². The molecule has 0 aliphatic heterocycles. The van der Waals surface area contributed by atoms with E-state index in [2.05, 4.69) is 5.32 Å². The van der Waals surface area contributed by atoms with Crippen LogP contribution < -0.4 is 14.8 Å². The third-order valence-electron chi connectivity index (χ3n) is 5.24. The first-order chi connectivity index (χ1) is 16.8. The number of halogens is 2. The summed E-state index contributed by atoms with van der Waals surface area (Å²) in [5.74, 6) is -0.736. The van der Waals surface area contributed by atoms with Crippen LogP contribution in [0.15, 0.2) is 72.8 Å². The quantitative estimate of drug-likeness (QED) is 0.305. The van der Waals surface area contributed by atoms with Crippen molar-refractivity contribution in [3.8, 4) is 16.9 Å². The summed E-state index contributed by atoms with van der Waals surface area (Å²) in [6, 6.07) is 22.0. The topological polar surface area (TPSA) is 105 Å². The Labute approximate surface area is 217 Å². The number of rotatable bonds is 12. The summed E-state index contributed by atoms with van der Waals surface area (Å²) in [5.41, 5.74) is 3.59. The summed E-state index contributed by atoms with van der Waals surface area (Å²) in [7, 11) is -3.75. The second-order valence-corrected chi connectivity index (χ2v) is 9.78. The zero-order valence-corrected chi connectivity index (χ0v) is 21.4. The van der Waals surface area contributed by atoms with Crippen LogP contribution in [0.4, 0.5) is 4.39 Å². The van der Waals surface area contributed by atoms with Gasteiger partial charge in [0.15, 0.2) is 0 Å². The molecule has 0 aromatic heterocycles. The molecule has 194 valence electrons. The molecule has 3 N–H and O–H groups in total. The molecule has 0 heterocycles. The van der Waals surface area contributed by atoms with Crippen LogP contribution in [0, 0.1) is 0 Å². The standard InChI is InChI=1S/C26H29FN2O5S.ClH/c1-35(32,33)29-26(31)23-12-11-22(17-25(23)34-16-14-27)20-9-7-19(8-10-20)13-15-28-18-24(30)21-5-3-2-4-6-21;/h2-12,17,24,28,30H,13-16,18H2,1H3,(H,29,31);1H/t24-;/m1./s1. The van der Waals surface area contributed by atoms with Crippen LogP contribution in [0.5, 0.6) is 5.75 Å². The molecule has 0 spiro atoms. The number of hydrogen-bond donors (Lipinski definition) is 3. The lowest BCUT2D eigenvalue weighted by molar-refractivity contribution is 0.0977. The van der Waals surface area contributed by atoms with Gasteiger partial charge < -0.3 is 15.2 Å². The van der Waals surface area contributed by atoms with Gasteiger partial charge in [0.05, 0.1) is 17.9 Å². The third kappa shape index (κ3) is 8.91. The fraction of sp³-hybridized carbons (Fsp3) is 0.269. The number of hydrogen-bond acceptors (Lipinski definition) is 6. The Bertz CT molecular complexity index is 1220. The number of carbonyl (C=O) groups excluding carboxylic acids is 1. The number of benzene rings is 3. The van der Waals surface area contributed by atoms with E-state index in [1.165, 1.54) is 6.07 Å². The molecular weight excluding hydrogens is 507 g/mol. The van der Waals surface area contributed by atoms with Crippen LogP contribution in [0.2, 0.25) is 0 Å². The Morgan fingerprint density at radius 3 is 2.33 bits per heavy atom. The lowest BCUT2D eigenvalue weighted by Crippen LogP contribution is -2.29. The zero-order valence-electron chi connectivity index (χ0n) is 19.8. The average molecular weight is 537 g/mol. The van der Waals surface area contributed by atoms with Gasteiger partial charge in [-0.3, -0.25) is 4.79 Å². The van der Waals surface area contributed by atoms with E-state index < -0.39 is 28.7 Å². The number of sulfonamides is 1. The van der Waals surface area contributed by atoms with Crippen molar-refractivity contribution in [3.05, 3.63) is 89.5 Å². The minimum absolute atomic E-state index is 0. The van der Waals surface area contributed by atoms with Gasteiger partial charge in [0, 0.05) is 6.54 Å². The zero-order chi connectivity index (χ0) is 25.3. The molecule has 0 radical (unpaired) electrons. The summed E-state index contributed by atoms with van der Waals surface area (Å²) in [5, 5.41) is 13.5. The Balaban J connectivity index is 0.00000456. The van der Waals surface area contributed by atoms with Crippen molar-refractivity contribution in [3.63, 3.8) is 0 Å². The molecule has 3 aromatic rings. The largest absolute Gasteiger partial charge is 0.490 e. The first kappa shape index (κ1) is 29.3. The first-order valence-electron chi connectivity index (χ1n) is 11.1. The molecular formula is C26H30ClFN2O5S. The van der Waals surface area contributed by atoms with E-state index in [1.54, 1.807) is 12.1 Å². The summed E-state index contributed by atoms with van der Waals surface area (Å²) < 4.78 is 42.7. The van der Waals surface area contributed by atoms with Gasteiger partial charge in [-0.15, -0.1) is 12.4 Å². The van der Waals surface area contributed by atoms with Gasteiger partial charge in [-0.25, -0.2) is 17.5 Å². The third-order valence-corrected chi connectivity index (χ3v) is 5.79. The van der Waals surface area contributed by atoms with Crippen LogP contribution in [0.25, 0.3) is 11.1 Å². The van der Waals surface area contributed by atoms with Crippen molar-refractivity contribution in [1.29, 1.82) is 0 Å². The van der Waals surface area contributed by atoms with E-state index in [1.807, 2.05) is 59.3 Å². The minimum Gasteiger partial charge on any atom is -0.490 e. The van der Waals surface area contributed by atoms with Crippen molar-refractivity contribution in [2.75, 3.05) is 32.6 Å². The van der Waals surface area contributed by atoms with E-state index in [0.717, 1.165) is 34.9 Å². The molecule has 3 rings (SSSR count). The summed E-state index contributed by atoms with van der Waals surface area (Å²) >= 11 is 0. The predicted octanol–water partition coefficient (Wildman–Crippen LogP) is 3.68. The number of aliphatic hydroxyl groups excluding tert-OH is 1. The molecule has 0 unspecified atom stereocenters. The van der Waals surface area contributed by atoms with Gasteiger partial charge in [0.2, 0.25) is 10.0 Å². The fourth-order valence-corrected chi connectivity index (χ4v) is 3.96. The Kier molecular flexibility index (Phi) is 11.3. The minimum atomic E-state index is -3.75. The number of nitrogens with one attached hydrogen (secondary N) is 2. The van der Waals surface area contributed by atoms with Crippen LogP contribution in [0.1, 0.15) is 27.6 Å². The smallest absolute Gasteiger partial charge is 0.268 e. The van der Waals surface area contributed by atoms with E-state index in [4.69, 9.17) is 4.74 Å². The molecule has 0 saturated carbocycles. The number of amides is 1. The van der Waals surface area contributed by atoms with Gasteiger partial charge in [-0.2, -0.15) is 0 Å². The van der Waals surface area contributed by atoms with Gasteiger partial charge in [-0.05, 0) is 47.4 Å². The molecule has 0 fully saturated rings. The molecule has 0 saturated heterocycles. The van der Waals surface area contributed by atoms with Crippen LogP contribution in [-0.4, -0.2) is 52.1 Å². The van der Waals surface area contributed by atoms with Crippen molar-refractivity contribution in [1.82, 2.24) is 10.0 Å². The highest BCUT2D eigenvalue weighted by Gasteiger charge is 2.17. The second kappa shape index (κ2) is 13.9. The highest BCUT2D eigenvalue weighted by atomic mass is 35.5. The van der Waals surface area contributed by atoms with E-state index >= 15 is 0 Å². The molecule has 0 aliphatic rings. The van der Waals surface area contributed by atoms with Crippen LogP contribution in [-0.2, 0) is 16.4 Å². The van der Waals surface area contributed by atoms with E-state index in [9.17, 15) is 22.7 Å². The molecule has 1 atom stereocenters. The lowest BCUT2D eigenvalue weighted by Gasteiger charge is -2.13. The average Bonchev–Trinajstić information content (AvgIpc) is 2.85. The Morgan fingerprint density at radius 1 is 1.03 bits per heavy atom. The van der Waals surface area contributed by atoms with Crippen molar-refractivity contribution < 1.29 is 27.4 Å². The molecule has 7 nitrogen and oxygen atoms in total. The summed E-state index contributed by atoms with van der Waals surface area (Å²) in [6.07, 6.45) is 1.09. The number of alkyl halides is 1. The van der Waals surface area contributed by atoms with Gasteiger partial charge in [0.25, 0.3) is 5.91 Å². The van der Waals surface area contributed by atoms with Crippen molar-refractivity contribution >= 4 is 28.3 Å². The Morgan fingerprint density at radius 2 is 1.69 bits per heavy atom. The highest BCUT2D eigenvalue weighted by Crippen LogP contribution is 2.28. The summed E-state index contributed by atoms with van der Waals surface area (Å²) in [4.78, 5) is 12.3. The second-order valence-electron chi connectivity index (χ2n) is 8.03. The van der Waals surface area contributed by atoms with Crippen LogP contribution in [0.3, 0.4) is 0 Å². The molecule has 10 heteroatoms. The number of ether oxygens (including phenoxy) is 1. The molecule has 1 amide bonds. The maximum atomic E-state index is 12.7. The number of carbonyl (C=O) groups is 1.